The Balaban J connectivity index is 1.77. The summed E-state index contributed by atoms with van der Waals surface area (Å²) in [6.07, 6.45) is 2.14. The van der Waals surface area contributed by atoms with E-state index in [1.54, 1.807) is 65.0 Å². The van der Waals surface area contributed by atoms with Gasteiger partial charge in [-0.2, -0.15) is 0 Å². The van der Waals surface area contributed by atoms with Crippen LogP contribution in [0.1, 0.15) is 46.6 Å². The monoisotopic (exact) mass is 589 g/mol. The fourth-order valence-corrected chi connectivity index (χ4v) is 5.33. The second kappa shape index (κ2) is 15.0. The number of aryl methyl sites for hydroxylation is 1. The van der Waals surface area contributed by atoms with Gasteiger partial charge < -0.3 is 14.0 Å². The lowest BCUT2D eigenvalue weighted by molar-refractivity contribution is -0.149. The Kier molecular flexibility index (Phi) is 11.8. The van der Waals surface area contributed by atoms with Gasteiger partial charge in [-0.25, -0.2) is 14.3 Å². The molecule has 10 nitrogen and oxygen atoms in total. The number of nitrogens with zero attached hydrogens (tertiary/aromatic N) is 1. The lowest BCUT2D eigenvalue weighted by Gasteiger charge is -2.28. The van der Waals surface area contributed by atoms with Gasteiger partial charge in [-0.15, -0.1) is 0 Å². The zero-order valence-corrected chi connectivity index (χ0v) is 24.9. The van der Waals surface area contributed by atoms with Crippen LogP contribution in [0.2, 0.25) is 0 Å². The van der Waals surface area contributed by atoms with E-state index in [-0.39, 0.29) is 17.8 Å². The van der Waals surface area contributed by atoms with E-state index in [1.165, 1.54) is 17.2 Å². The first kappa shape index (κ1) is 32.1. The standard InChI is InChI=1S/C29H37FN3O7P/c1-7-14-33(29(36)31-17-34)27-20(5)16-26(38-27)40-41(32-21(6)28(35)37-18(2)3)39-24-11-8-22(9-12-24)23-10-13-25(30)19(4)15-23/h7-15,17-18,20-21,26-27,32H,16H2,1-6H3,(H,31,34,36)/b14-7-/t20?,21-,26?,27?,41?/m0/s1. The second-order valence-corrected chi connectivity index (χ2v) is 11.1. The smallest absolute Gasteiger partial charge is 0.329 e. The number of hydrogen-bond acceptors (Lipinski definition) is 8. The van der Waals surface area contributed by atoms with Crippen LogP contribution in [0.3, 0.4) is 0 Å². The van der Waals surface area contributed by atoms with Crippen LogP contribution in [0, 0.1) is 18.7 Å². The number of carbonyl (C=O) groups is 3. The Morgan fingerprint density at radius 2 is 1.83 bits per heavy atom. The molecule has 4 unspecified atom stereocenters. The summed E-state index contributed by atoms with van der Waals surface area (Å²) in [4.78, 5) is 37.0. The molecule has 0 bridgehead atoms. The summed E-state index contributed by atoms with van der Waals surface area (Å²) in [5, 5.41) is 5.18. The van der Waals surface area contributed by atoms with Gasteiger partial charge in [-0.1, -0.05) is 31.2 Å². The molecule has 12 heteroatoms. The predicted octanol–water partition coefficient (Wildman–Crippen LogP) is 5.76. The van der Waals surface area contributed by atoms with E-state index < -0.39 is 39.1 Å². The molecule has 41 heavy (non-hydrogen) atoms. The Bertz CT molecular complexity index is 1230. The van der Waals surface area contributed by atoms with E-state index in [4.69, 9.17) is 18.5 Å². The van der Waals surface area contributed by atoms with Crippen LogP contribution >= 0.6 is 8.53 Å². The number of hydrogen-bond donors (Lipinski definition) is 2. The Morgan fingerprint density at radius 3 is 2.44 bits per heavy atom. The number of halogens is 1. The fraction of sp³-hybridized carbons (Fsp3) is 0.414. The maximum Gasteiger partial charge on any atom is 0.329 e. The van der Waals surface area contributed by atoms with Crippen molar-refractivity contribution in [1.82, 2.24) is 15.3 Å². The molecule has 0 aliphatic carbocycles. The van der Waals surface area contributed by atoms with Gasteiger partial charge >= 0.3 is 20.5 Å². The average Bonchev–Trinajstić information content (AvgIpc) is 3.28. The van der Waals surface area contributed by atoms with Crippen molar-refractivity contribution in [2.45, 2.75) is 72.6 Å². The van der Waals surface area contributed by atoms with E-state index in [0.29, 0.717) is 24.1 Å². The lowest BCUT2D eigenvalue weighted by Crippen LogP contribution is -2.44. The number of carbonyl (C=O) groups excluding carboxylic acids is 3. The number of nitrogens with one attached hydrogen (secondary N) is 2. The number of ether oxygens (including phenoxy) is 2. The summed E-state index contributed by atoms with van der Waals surface area (Å²) >= 11 is 0. The molecule has 222 valence electrons. The second-order valence-electron chi connectivity index (χ2n) is 9.90. The number of amides is 3. The molecule has 2 N–H and O–H groups in total. The van der Waals surface area contributed by atoms with Gasteiger partial charge in [0.1, 0.15) is 23.8 Å². The van der Waals surface area contributed by atoms with Crippen LogP contribution in [0.15, 0.2) is 54.7 Å². The fourth-order valence-electron chi connectivity index (χ4n) is 4.08. The number of esters is 1. The SMILES string of the molecule is C/C=C\N(C(=O)NC=O)C1OC(OP(N[C@@H](C)C(=O)OC(C)C)Oc2ccc(-c3ccc(F)c(C)c3)cc2)CC1C. The normalized spacial score (nSPS) is 20.0. The molecule has 5 atom stereocenters. The highest BCUT2D eigenvalue weighted by Crippen LogP contribution is 2.42. The van der Waals surface area contributed by atoms with Crippen molar-refractivity contribution in [1.29, 1.82) is 0 Å². The molecule has 0 spiro atoms. The third-order valence-electron chi connectivity index (χ3n) is 6.09. The number of benzene rings is 2. The van der Waals surface area contributed by atoms with Gasteiger partial charge in [0.2, 0.25) is 6.41 Å². The number of imide groups is 1. The summed E-state index contributed by atoms with van der Waals surface area (Å²) < 4.78 is 37.4. The van der Waals surface area contributed by atoms with Crippen molar-refractivity contribution in [3.8, 4) is 16.9 Å². The van der Waals surface area contributed by atoms with Crippen molar-refractivity contribution >= 4 is 26.9 Å². The van der Waals surface area contributed by atoms with Crippen LogP contribution in [0.5, 0.6) is 5.75 Å². The predicted molar refractivity (Wildman–Crippen MR) is 153 cm³/mol. The van der Waals surface area contributed by atoms with Crippen LogP contribution < -0.4 is 14.9 Å². The quantitative estimate of drug-likeness (QED) is 0.182. The highest BCUT2D eigenvalue weighted by molar-refractivity contribution is 7.45. The number of urea groups is 1. The molecule has 1 aliphatic rings. The van der Waals surface area contributed by atoms with Gasteiger partial charge in [0.05, 0.1) is 6.10 Å². The third-order valence-corrected chi connectivity index (χ3v) is 7.50. The van der Waals surface area contributed by atoms with Crippen molar-refractivity contribution < 1.29 is 37.3 Å². The third kappa shape index (κ3) is 9.06. The van der Waals surface area contributed by atoms with Crippen LogP contribution in [-0.2, 0) is 23.6 Å². The molecule has 0 radical (unpaired) electrons. The molecule has 1 aliphatic heterocycles. The van der Waals surface area contributed by atoms with Gasteiger partial charge in [-0.05, 0) is 75.6 Å². The average molecular weight is 590 g/mol. The molecule has 2 aromatic rings. The summed E-state index contributed by atoms with van der Waals surface area (Å²) in [6.45, 7) is 10.5. The first-order valence-electron chi connectivity index (χ1n) is 13.3. The molecule has 0 saturated carbocycles. The van der Waals surface area contributed by atoms with E-state index in [2.05, 4.69) is 10.4 Å². The summed E-state index contributed by atoms with van der Waals surface area (Å²) in [5.41, 5.74) is 2.29. The molecule has 1 saturated heterocycles. The topological polar surface area (TPSA) is 115 Å². The molecule has 0 aromatic heterocycles. The molecular weight excluding hydrogens is 552 g/mol. The minimum Gasteiger partial charge on any atom is -0.462 e. The van der Waals surface area contributed by atoms with Crippen LogP contribution in [-0.4, -0.2) is 48.0 Å². The largest absolute Gasteiger partial charge is 0.462 e. The van der Waals surface area contributed by atoms with Crippen molar-refractivity contribution in [3.63, 3.8) is 0 Å². The van der Waals surface area contributed by atoms with Crippen molar-refractivity contribution in [2.24, 2.45) is 5.92 Å². The minimum absolute atomic E-state index is 0.146. The zero-order valence-electron chi connectivity index (χ0n) is 24.0. The summed E-state index contributed by atoms with van der Waals surface area (Å²) in [7, 11) is -1.92. The first-order valence-corrected chi connectivity index (χ1v) is 14.5. The molecule has 1 fully saturated rings. The number of rotatable bonds is 12. The number of allylic oxidation sites excluding steroid dienone is 1. The highest BCUT2D eigenvalue weighted by atomic mass is 31.2. The Labute approximate surface area is 241 Å². The van der Waals surface area contributed by atoms with Gasteiger partial charge in [-0.3, -0.25) is 24.3 Å². The van der Waals surface area contributed by atoms with Crippen LogP contribution in [0.4, 0.5) is 9.18 Å². The van der Waals surface area contributed by atoms with E-state index in [0.717, 1.165) is 11.1 Å². The molecule has 1 heterocycles. The minimum atomic E-state index is -1.92. The highest BCUT2D eigenvalue weighted by Gasteiger charge is 2.40. The maximum absolute atomic E-state index is 13.7. The molecule has 3 amide bonds. The molecular formula is C29H37FN3O7P. The van der Waals surface area contributed by atoms with Crippen molar-refractivity contribution in [3.05, 3.63) is 66.1 Å². The Morgan fingerprint density at radius 1 is 1.15 bits per heavy atom. The van der Waals surface area contributed by atoms with E-state index >= 15 is 0 Å². The summed E-state index contributed by atoms with van der Waals surface area (Å²) in [6, 6.07) is 10.7. The van der Waals surface area contributed by atoms with E-state index in [1.807, 2.05) is 19.1 Å². The van der Waals surface area contributed by atoms with E-state index in [9.17, 15) is 18.8 Å². The first-order chi connectivity index (χ1) is 19.5. The van der Waals surface area contributed by atoms with Crippen molar-refractivity contribution in [2.75, 3.05) is 0 Å². The molecule has 2 aromatic carbocycles. The van der Waals surface area contributed by atoms with Crippen LogP contribution in [0.25, 0.3) is 11.1 Å². The lowest BCUT2D eigenvalue weighted by atomic mass is 10.0. The van der Waals surface area contributed by atoms with Gasteiger partial charge in [0.25, 0.3) is 0 Å². The Hall–Kier alpha value is -3.37. The van der Waals surface area contributed by atoms with Gasteiger partial charge in [0.15, 0.2) is 6.29 Å². The maximum atomic E-state index is 13.7. The van der Waals surface area contributed by atoms with Gasteiger partial charge in [0, 0.05) is 18.5 Å². The molecule has 3 rings (SSSR count). The summed E-state index contributed by atoms with van der Waals surface area (Å²) in [5.74, 6) is -0.409. The zero-order chi connectivity index (χ0) is 30.1.